The first kappa shape index (κ1) is 26.7. The third-order valence-corrected chi connectivity index (χ3v) is 7.28. The summed E-state index contributed by atoms with van der Waals surface area (Å²) < 4.78 is 34.6. The second-order valence-corrected chi connectivity index (χ2v) is 11.4. The fraction of sp³-hybridized carbons (Fsp3) is 0.300. The van der Waals surface area contributed by atoms with Gasteiger partial charge in [-0.2, -0.15) is 5.10 Å². The van der Waals surface area contributed by atoms with Crippen molar-refractivity contribution in [2.45, 2.75) is 32.4 Å². The Morgan fingerprint density at radius 3 is 2.79 bits per heavy atom. The number of halogens is 1. The van der Waals surface area contributed by atoms with E-state index in [-0.39, 0.29) is 24.5 Å². The van der Waals surface area contributed by atoms with Gasteiger partial charge in [-0.05, 0) is 51.1 Å². The molecule has 1 amide bonds. The monoisotopic (exact) mass is 584 g/mol. The van der Waals surface area contributed by atoms with E-state index >= 15 is 4.39 Å². The quantitative estimate of drug-likeness (QED) is 0.303. The summed E-state index contributed by atoms with van der Waals surface area (Å²) in [6, 6.07) is 11.7. The molecular formula is C30H29FN8O4. The number of anilines is 3. The highest BCUT2D eigenvalue weighted by atomic mass is 19.1. The van der Waals surface area contributed by atoms with Gasteiger partial charge in [-0.25, -0.2) is 28.7 Å². The highest BCUT2D eigenvalue weighted by molar-refractivity contribution is 6.00. The van der Waals surface area contributed by atoms with Gasteiger partial charge in [-0.1, -0.05) is 0 Å². The minimum atomic E-state index is -0.590. The number of pyridine rings is 1. The molecule has 7 rings (SSSR count). The second-order valence-electron chi connectivity index (χ2n) is 11.4. The van der Waals surface area contributed by atoms with Crippen LogP contribution < -0.4 is 19.7 Å². The average Bonchev–Trinajstić information content (AvgIpc) is 3.39. The van der Waals surface area contributed by atoms with Gasteiger partial charge >= 0.3 is 6.09 Å². The fourth-order valence-electron chi connectivity index (χ4n) is 5.34. The summed E-state index contributed by atoms with van der Waals surface area (Å²) in [5.74, 6) is 1.02. The minimum Gasteiger partial charge on any atom is -0.488 e. The lowest BCUT2D eigenvalue weighted by Gasteiger charge is -2.40. The van der Waals surface area contributed by atoms with Gasteiger partial charge in [-0.15, -0.1) is 0 Å². The molecule has 2 aromatic carbocycles. The molecule has 43 heavy (non-hydrogen) atoms. The molecule has 220 valence electrons. The molecule has 0 unspecified atom stereocenters. The molecule has 2 bridgehead atoms. The molecule has 1 fully saturated rings. The van der Waals surface area contributed by atoms with Crippen LogP contribution in [0.3, 0.4) is 0 Å². The van der Waals surface area contributed by atoms with Crippen LogP contribution in [0, 0.1) is 5.82 Å². The maximum Gasteiger partial charge on any atom is 0.410 e. The van der Waals surface area contributed by atoms with Gasteiger partial charge in [0.1, 0.15) is 36.4 Å². The predicted molar refractivity (Wildman–Crippen MR) is 157 cm³/mol. The van der Waals surface area contributed by atoms with Crippen molar-refractivity contribution >= 4 is 39.8 Å². The molecule has 0 saturated carbocycles. The second kappa shape index (κ2) is 10.3. The lowest BCUT2D eigenvalue weighted by Crippen LogP contribution is -2.57. The van der Waals surface area contributed by atoms with Crippen LogP contribution in [0.1, 0.15) is 20.8 Å². The number of nitrogens with zero attached hydrogens (tertiary/aromatic N) is 7. The average molecular weight is 585 g/mol. The molecule has 5 heterocycles. The lowest BCUT2D eigenvalue weighted by atomic mass is 10.1. The zero-order valence-electron chi connectivity index (χ0n) is 23.8. The first-order chi connectivity index (χ1) is 20.7. The SMILES string of the molecule is CC(C)(C)OC(=O)N1CCN2C[C@@H]1COc1c2ccc2ncnc(Nc3ccc(Oc4ccn5ncnc5c4)c(F)c3)c12. The molecular weight excluding hydrogens is 555 g/mol. The molecule has 5 aromatic rings. The molecule has 2 aliphatic rings. The fourth-order valence-corrected chi connectivity index (χ4v) is 5.34. The van der Waals surface area contributed by atoms with E-state index in [0.717, 1.165) is 5.69 Å². The van der Waals surface area contributed by atoms with Crippen LogP contribution >= 0.6 is 0 Å². The maximum atomic E-state index is 15.2. The molecule has 0 radical (unpaired) electrons. The van der Waals surface area contributed by atoms with Crippen molar-refractivity contribution in [3.8, 4) is 17.2 Å². The molecule has 1 atom stereocenters. The summed E-state index contributed by atoms with van der Waals surface area (Å²) in [6.45, 7) is 7.57. The van der Waals surface area contributed by atoms with Crippen molar-refractivity contribution < 1.29 is 23.4 Å². The summed E-state index contributed by atoms with van der Waals surface area (Å²) in [7, 11) is 0. The smallest absolute Gasteiger partial charge is 0.410 e. The number of rotatable bonds is 4. The number of amides is 1. The maximum absolute atomic E-state index is 15.2. The molecule has 2 aliphatic heterocycles. The number of nitrogens with one attached hydrogen (secondary N) is 1. The van der Waals surface area contributed by atoms with Crippen molar-refractivity contribution in [1.82, 2.24) is 29.5 Å². The van der Waals surface area contributed by atoms with E-state index in [4.69, 9.17) is 14.2 Å². The van der Waals surface area contributed by atoms with Crippen molar-refractivity contribution in [3.63, 3.8) is 0 Å². The van der Waals surface area contributed by atoms with Gasteiger partial charge in [0.25, 0.3) is 0 Å². The zero-order valence-corrected chi connectivity index (χ0v) is 23.8. The first-order valence-electron chi connectivity index (χ1n) is 13.9. The molecule has 1 N–H and O–H groups in total. The number of fused-ring (bicyclic) bond motifs is 7. The van der Waals surface area contributed by atoms with Gasteiger partial charge in [0.05, 0.1) is 22.6 Å². The summed E-state index contributed by atoms with van der Waals surface area (Å²) in [5, 5.41) is 7.95. The minimum absolute atomic E-state index is 0.0637. The number of piperazine rings is 1. The number of carbonyl (C=O) groups excluding carboxylic acids is 1. The molecule has 3 aromatic heterocycles. The van der Waals surface area contributed by atoms with E-state index < -0.39 is 11.4 Å². The number of benzene rings is 2. The van der Waals surface area contributed by atoms with Gasteiger partial charge in [-0.3, -0.25) is 4.90 Å². The van der Waals surface area contributed by atoms with Crippen LogP contribution in [0.25, 0.3) is 16.6 Å². The lowest BCUT2D eigenvalue weighted by molar-refractivity contribution is 0.00980. The molecule has 1 saturated heterocycles. The number of hydrogen-bond acceptors (Lipinski definition) is 10. The van der Waals surface area contributed by atoms with Crippen LogP contribution in [0.5, 0.6) is 17.2 Å². The van der Waals surface area contributed by atoms with E-state index in [0.29, 0.717) is 59.2 Å². The number of aromatic nitrogens is 5. The predicted octanol–water partition coefficient (Wildman–Crippen LogP) is 5.17. The number of carbonyl (C=O) groups is 1. The number of hydrogen-bond donors (Lipinski definition) is 1. The molecule has 12 nitrogen and oxygen atoms in total. The Hall–Kier alpha value is -5.20. The third kappa shape index (κ3) is 5.17. The van der Waals surface area contributed by atoms with E-state index in [9.17, 15) is 4.79 Å². The highest BCUT2D eigenvalue weighted by Crippen LogP contribution is 2.42. The molecule has 0 spiro atoms. The normalized spacial score (nSPS) is 16.4. The van der Waals surface area contributed by atoms with Crippen LogP contribution in [-0.2, 0) is 4.74 Å². The summed E-state index contributed by atoms with van der Waals surface area (Å²) in [4.78, 5) is 29.9. The van der Waals surface area contributed by atoms with Crippen LogP contribution in [-0.4, -0.2) is 73.4 Å². The Bertz CT molecular complexity index is 1860. The standard InChI is InChI=1S/C30H29FN8O4/c1-30(2,3)43-29(40)38-11-10-37-14-19(38)15-41-27-23(37)6-5-22-26(27)28(34-16-32-22)36-18-4-7-24(21(31)12-18)42-20-8-9-39-25(13-20)33-17-35-39/h4-9,12-13,16-17,19H,10-11,14-15H2,1-3H3,(H,32,34,36)/t19-/m1/s1. The Morgan fingerprint density at radius 2 is 1.95 bits per heavy atom. The molecule has 13 heteroatoms. The Labute approximate surface area is 246 Å². The van der Waals surface area contributed by atoms with E-state index in [2.05, 4.69) is 30.3 Å². The first-order valence-corrected chi connectivity index (χ1v) is 13.9. The summed E-state index contributed by atoms with van der Waals surface area (Å²) in [6.07, 6.45) is 4.22. The largest absolute Gasteiger partial charge is 0.488 e. The zero-order chi connectivity index (χ0) is 29.7. The van der Waals surface area contributed by atoms with Crippen molar-refractivity contribution in [2.24, 2.45) is 0 Å². The van der Waals surface area contributed by atoms with Gasteiger partial charge in [0.2, 0.25) is 0 Å². The van der Waals surface area contributed by atoms with E-state index in [1.54, 1.807) is 39.9 Å². The van der Waals surface area contributed by atoms with Crippen LogP contribution in [0.15, 0.2) is 61.3 Å². The Morgan fingerprint density at radius 1 is 1.07 bits per heavy atom. The molecule has 0 aliphatic carbocycles. The topological polar surface area (TPSA) is 119 Å². The van der Waals surface area contributed by atoms with Crippen molar-refractivity contribution in [1.29, 1.82) is 0 Å². The van der Waals surface area contributed by atoms with Gasteiger partial charge in [0.15, 0.2) is 23.0 Å². The van der Waals surface area contributed by atoms with Crippen molar-refractivity contribution in [3.05, 3.63) is 67.1 Å². The summed E-state index contributed by atoms with van der Waals surface area (Å²) >= 11 is 0. The third-order valence-electron chi connectivity index (χ3n) is 7.28. The van der Waals surface area contributed by atoms with E-state index in [1.165, 1.54) is 18.7 Å². The van der Waals surface area contributed by atoms with E-state index in [1.807, 2.05) is 32.9 Å². The van der Waals surface area contributed by atoms with Crippen molar-refractivity contribution in [2.75, 3.05) is 36.5 Å². The Balaban J connectivity index is 1.15. The van der Waals surface area contributed by atoms with Gasteiger partial charge in [0, 0.05) is 43.7 Å². The Kier molecular flexibility index (Phi) is 6.37. The van der Waals surface area contributed by atoms with Crippen LogP contribution in [0.4, 0.5) is 26.4 Å². The van der Waals surface area contributed by atoms with Gasteiger partial charge < -0.3 is 24.4 Å². The highest BCUT2D eigenvalue weighted by Gasteiger charge is 2.37. The summed E-state index contributed by atoms with van der Waals surface area (Å²) in [5.41, 5.74) is 2.02. The number of ether oxygens (including phenoxy) is 3. The van der Waals surface area contributed by atoms with Crippen LogP contribution in [0.2, 0.25) is 0 Å².